The minimum atomic E-state index is -1.39. The van der Waals surface area contributed by atoms with Crippen molar-refractivity contribution in [3.8, 4) is 22.4 Å². The lowest BCUT2D eigenvalue weighted by Crippen LogP contribution is -2.41. The fourth-order valence-electron chi connectivity index (χ4n) is 3.72. The van der Waals surface area contributed by atoms with Crippen LogP contribution >= 0.6 is 0 Å². The second-order valence-corrected chi connectivity index (χ2v) is 15.6. The van der Waals surface area contributed by atoms with Crippen LogP contribution in [-0.2, 0) is 9.31 Å². The Bertz CT molecular complexity index is 1060. The van der Waals surface area contributed by atoms with E-state index in [2.05, 4.69) is 102 Å². The number of nitrogens with zero attached hydrogens (tertiary/aromatic N) is 1. The van der Waals surface area contributed by atoms with Crippen molar-refractivity contribution in [1.82, 2.24) is 4.98 Å². The number of rotatable bonds is 4. The summed E-state index contributed by atoms with van der Waals surface area (Å²) < 4.78 is 12.7. The highest BCUT2D eigenvalue weighted by atomic mass is 28.3. The summed E-state index contributed by atoms with van der Waals surface area (Å²) in [5.41, 5.74) is 4.62. The predicted octanol–water partition coefficient (Wildman–Crippen LogP) is 5.26. The van der Waals surface area contributed by atoms with Gasteiger partial charge in [-0.05, 0) is 61.6 Å². The van der Waals surface area contributed by atoms with Crippen molar-refractivity contribution in [1.29, 1.82) is 0 Å². The Hall–Kier alpha value is -2.21. The lowest BCUT2D eigenvalue weighted by atomic mass is 9.76. The Morgan fingerprint density at radius 1 is 0.742 bits per heavy atom. The van der Waals surface area contributed by atoms with Crippen LogP contribution < -0.4 is 10.6 Å². The summed E-state index contributed by atoms with van der Waals surface area (Å²) in [5.74, 6) is 0. The van der Waals surface area contributed by atoms with Crippen LogP contribution in [0.2, 0.25) is 19.6 Å². The maximum atomic E-state index is 6.36. The monoisotopic (exact) mass is 429 g/mol. The highest BCUT2D eigenvalue weighted by Gasteiger charge is 2.51. The quantitative estimate of drug-likeness (QED) is 0.530. The molecule has 0 aliphatic carbocycles. The first-order valence-corrected chi connectivity index (χ1v) is 14.5. The molecule has 160 valence electrons. The van der Waals surface area contributed by atoms with Gasteiger partial charge in [0.25, 0.3) is 0 Å². The van der Waals surface area contributed by atoms with Gasteiger partial charge in [-0.2, -0.15) is 0 Å². The zero-order chi connectivity index (χ0) is 22.4. The van der Waals surface area contributed by atoms with Gasteiger partial charge >= 0.3 is 7.12 Å². The SMILES string of the molecule is CC1(C)OB(c2cc(-c3ccccc3)cc(-c3ccc([Si](C)(C)C)cn3)c2)OC1(C)C. The second-order valence-electron chi connectivity index (χ2n) is 10.5. The Balaban J connectivity index is 1.80. The van der Waals surface area contributed by atoms with E-state index in [9.17, 15) is 0 Å². The van der Waals surface area contributed by atoms with Gasteiger partial charge in [-0.25, -0.2) is 0 Å². The summed E-state index contributed by atoms with van der Waals surface area (Å²) in [6.07, 6.45) is 2.05. The minimum Gasteiger partial charge on any atom is -0.399 e. The Labute approximate surface area is 188 Å². The minimum absolute atomic E-state index is 0.377. The fraction of sp³-hybridized carbons (Fsp3) is 0.346. The highest BCUT2D eigenvalue weighted by Crippen LogP contribution is 2.37. The largest absolute Gasteiger partial charge is 0.494 e. The molecule has 4 rings (SSSR count). The topological polar surface area (TPSA) is 31.4 Å². The fourth-order valence-corrected chi connectivity index (χ4v) is 4.76. The molecule has 1 aliphatic heterocycles. The first-order chi connectivity index (χ1) is 14.5. The van der Waals surface area contributed by atoms with E-state index in [0.717, 1.165) is 22.3 Å². The standard InChI is InChI=1S/C26H32BNO2Si/c1-25(2)26(3,4)30-27(29-25)22-16-20(19-11-9-8-10-12-19)15-21(17-22)24-14-13-23(18-28-24)31(5,6)7/h8-18H,1-7H3. The summed E-state index contributed by atoms with van der Waals surface area (Å²) in [4.78, 5) is 4.83. The molecule has 0 atom stereocenters. The average molecular weight is 429 g/mol. The molecule has 0 saturated carbocycles. The van der Waals surface area contributed by atoms with Gasteiger partial charge in [-0.1, -0.05) is 68.2 Å². The molecule has 1 aromatic heterocycles. The molecule has 31 heavy (non-hydrogen) atoms. The summed E-state index contributed by atoms with van der Waals surface area (Å²) in [7, 11) is -1.80. The normalized spacial score (nSPS) is 17.7. The smallest absolute Gasteiger partial charge is 0.399 e. The molecule has 3 aromatic rings. The molecule has 2 heterocycles. The summed E-state index contributed by atoms with van der Waals surface area (Å²) >= 11 is 0. The molecule has 2 aromatic carbocycles. The molecule has 1 saturated heterocycles. The lowest BCUT2D eigenvalue weighted by molar-refractivity contribution is 0.00578. The Kier molecular flexibility index (Phi) is 5.49. The van der Waals surface area contributed by atoms with Gasteiger partial charge in [0.1, 0.15) is 0 Å². The van der Waals surface area contributed by atoms with E-state index >= 15 is 0 Å². The average Bonchev–Trinajstić information content (AvgIpc) is 2.95. The van der Waals surface area contributed by atoms with Crippen LogP contribution in [-0.4, -0.2) is 31.4 Å². The van der Waals surface area contributed by atoms with E-state index in [1.54, 1.807) is 0 Å². The third kappa shape index (κ3) is 4.40. The number of hydrogen-bond donors (Lipinski definition) is 0. The van der Waals surface area contributed by atoms with Crippen LogP contribution in [0.1, 0.15) is 27.7 Å². The maximum Gasteiger partial charge on any atom is 0.494 e. The van der Waals surface area contributed by atoms with Gasteiger partial charge in [-0.15, -0.1) is 0 Å². The van der Waals surface area contributed by atoms with Crippen molar-refractivity contribution < 1.29 is 9.31 Å². The third-order valence-electron chi connectivity index (χ3n) is 6.51. The van der Waals surface area contributed by atoms with E-state index in [4.69, 9.17) is 14.3 Å². The van der Waals surface area contributed by atoms with Crippen molar-refractivity contribution >= 4 is 25.8 Å². The van der Waals surface area contributed by atoms with Gasteiger partial charge in [0.15, 0.2) is 0 Å². The lowest BCUT2D eigenvalue weighted by Gasteiger charge is -2.32. The van der Waals surface area contributed by atoms with Crippen LogP contribution in [0.15, 0.2) is 66.9 Å². The highest BCUT2D eigenvalue weighted by molar-refractivity contribution is 6.88. The summed E-state index contributed by atoms with van der Waals surface area (Å²) in [6, 6.07) is 21.4. The first kappa shape index (κ1) is 22.0. The molecular weight excluding hydrogens is 397 g/mol. The number of benzene rings is 2. The van der Waals surface area contributed by atoms with Gasteiger partial charge in [0, 0.05) is 11.8 Å². The zero-order valence-corrected chi connectivity index (χ0v) is 20.7. The first-order valence-electron chi connectivity index (χ1n) is 11.0. The van der Waals surface area contributed by atoms with Crippen LogP contribution in [0, 0.1) is 0 Å². The van der Waals surface area contributed by atoms with Crippen LogP contribution in [0.3, 0.4) is 0 Å². The number of pyridine rings is 1. The Morgan fingerprint density at radius 3 is 1.90 bits per heavy atom. The van der Waals surface area contributed by atoms with Gasteiger partial charge in [-0.3, -0.25) is 4.98 Å². The molecule has 0 bridgehead atoms. The third-order valence-corrected chi connectivity index (χ3v) is 8.54. The predicted molar refractivity (Wildman–Crippen MR) is 134 cm³/mol. The molecule has 5 heteroatoms. The molecule has 0 unspecified atom stereocenters. The molecule has 0 N–H and O–H groups in total. The molecular formula is C26H32BNO2Si. The Morgan fingerprint density at radius 2 is 1.35 bits per heavy atom. The van der Waals surface area contributed by atoms with Gasteiger partial charge in [0.05, 0.1) is 25.0 Å². The number of hydrogen-bond acceptors (Lipinski definition) is 3. The molecule has 1 fully saturated rings. The number of aromatic nitrogens is 1. The molecule has 1 aliphatic rings. The van der Waals surface area contributed by atoms with Gasteiger partial charge in [0.2, 0.25) is 0 Å². The second kappa shape index (κ2) is 7.73. The van der Waals surface area contributed by atoms with E-state index < -0.39 is 15.2 Å². The summed E-state index contributed by atoms with van der Waals surface area (Å²) in [6.45, 7) is 15.4. The van der Waals surface area contributed by atoms with E-state index in [-0.39, 0.29) is 11.2 Å². The van der Waals surface area contributed by atoms with Crippen molar-refractivity contribution in [3.63, 3.8) is 0 Å². The van der Waals surface area contributed by atoms with Gasteiger partial charge < -0.3 is 9.31 Å². The molecule has 0 radical (unpaired) electrons. The van der Waals surface area contributed by atoms with Crippen LogP contribution in [0.5, 0.6) is 0 Å². The zero-order valence-electron chi connectivity index (χ0n) is 19.7. The van der Waals surface area contributed by atoms with Crippen molar-refractivity contribution in [2.75, 3.05) is 0 Å². The van der Waals surface area contributed by atoms with Crippen molar-refractivity contribution in [3.05, 3.63) is 66.9 Å². The summed E-state index contributed by atoms with van der Waals surface area (Å²) in [5, 5.41) is 1.36. The van der Waals surface area contributed by atoms with Crippen LogP contribution in [0.25, 0.3) is 22.4 Å². The van der Waals surface area contributed by atoms with E-state index in [1.807, 2.05) is 12.3 Å². The molecule has 0 spiro atoms. The van der Waals surface area contributed by atoms with E-state index in [1.165, 1.54) is 10.8 Å². The molecule has 3 nitrogen and oxygen atoms in total. The van der Waals surface area contributed by atoms with Crippen molar-refractivity contribution in [2.45, 2.75) is 58.5 Å². The van der Waals surface area contributed by atoms with Crippen molar-refractivity contribution in [2.24, 2.45) is 0 Å². The maximum absolute atomic E-state index is 6.36. The van der Waals surface area contributed by atoms with E-state index in [0.29, 0.717) is 0 Å². The van der Waals surface area contributed by atoms with Crippen LogP contribution in [0.4, 0.5) is 0 Å². The molecule has 0 amide bonds.